The normalized spacial score (nSPS) is 10.3. The Morgan fingerprint density at radius 2 is 2.32 bits per heavy atom. The maximum absolute atomic E-state index is 12.2. The van der Waals surface area contributed by atoms with E-state index in [-0.39, 0.29) is 5.91 Å². The van der Waals surface area contributed by atoms with E-state index in [9.17, 15) is 4.79 Å². The molecule has 3 N–H and O–H groups in total. The summed E-state index contributed by atoms with van der Waals surface area (Å²) in [5, 5.41) is 0.314. The van der Waals surface area contributed by atoms with E-state index in [4.69, 9.17) is 22.2 Å². The molecule has 0 aromatic carbocycles. The summed E-state index contributed by atoms with van der Waals surface area (Å²) in [5.74, 6) is 5.45. The highest BCUT2D eigenvalue weighted by Gasteiger charge is 2.15. The van der Waals surface area contributed by atoms with Gasteiger partial charge in [-0.1, -0.05) is 11.6 Å². The van der Waals surface area contributed by atoms with E-state index >= 15 is 0 Å². The molecular weight excluding hydrogens is 268 g/mol. The van der Waals surface area contributed by atoms with Gasteiger partial charge in [-0.25, -0.2) is 10.8 Å². The summed E-state index contributed by atoms with van der Waals surface area (Å²) in [4.78, 5) is 17.9. The summed E-state index contributed by atoms with van der Waals surface area (Å²) in [6, 6.07) is 1.55. The van der Waals surface area contributed by atoms with E-state index in [0.717, 1.165) is 0 Å². The van der Waals surface area contributed by atoms with Crippen LogP contribution in [0.1, 0.15) is 24.2 Å². The maximum Gasteiger partial charge on any atom is 0.255 e. The lowest BCUT2D eigenvalue weighted by atomic mass is 10.2. The Bertz CT molecular complexity index is 428. The Kier molecular flexibility index (Phi) is 6.55. The van der Waals surface area contributed by atoms with Crippen LogP contribution in [0.15, 0.2) is 12.3 Å². The number of aromatic nitrogens is 1. The molecule has 19 heavy (non-hydrogen) atoms. The van der Waals surface area contributed by atoms with Gasteiger partial charge in [0, 0.05) is 25.9 Å². The van der Waals surface area contributed by atoms with E-state index < -0.39 is 0 Å². The smallest absolute Gasteiger partial charge is 0.255 e. The van der Waals surface area contributed by atoms with Crippen LogP contribution in [0.25, 0.3) is 0 Å². The lowest BCUT2D eigenvalue weighted by Gasteiger charge is -2.20. The molecule has 1 rings (SSSR count). The molecule has 6 nitrogen and oxygen atoms in total. The van der Waals surface area contributed by atoms with Crippen LogP contribution >= 0.6 is 11.6 Å². The molecule has 0 unspecified atom stereocenters. The Morgan fingerprint density at radius 1 is 1.58 bits per heavy atom. The minimum Gasteiger partial charge on any atom is -0.380 e. The third kappa shape index (κ3) is 4.34. The minimum absolute atomic E-state index is 0.125. The fourth-order valence-corrected chi connectivity index (χ4v) is 1.79. The number of ether oxygens (including phenoxy) is 1. The Morgan fingerprint density at radius 3 is 2.84 bits per heavy atom. The van der Waals surface area contributed by atoms with E-state index in [1.54, 1.807) is 11.0 Å². The van der Waals surface area contributed by atoms with Crippen molar-refractivity contribution in [3.63, 3.8) is 0 Å². The van der Waals surface area contributed by atoms with Gasteiger partial charge in [0.25, 0.3) is 5.91 Å². The van der Waals surface area contributed by atoms with Crippen LogP contribution in [0, 0.1) is 0 Å². The summed E-state index contributed by atoms with van der Waals surface area (Å²) in [6.45, 7) is 6.11. The number of carbonyl (C=O) groups is 1. The molecule has 0 aliphatic rings. The van der Waals surface area contributed by atoms with Crippen LogP contribution in [0.3, 0.4) is 0 Å². The summed E-state index contributed by atoms with van der Waals surface area (Å²) in [6.07, 6.45) is 1.45. The SMILES string of the molecule is CCOCCN(CC)C(=O)c1cnc(NN)c(Cl)c1. The third-order valence-corrected chi connectivity index (χ3v) is 2.89. The van der Waals surface area contributed by atoms with Crippen molar-refractivity contribution in [2.45, 2.75) is 13.8 Å². The van der Waals surface area contributed by atoms with Crippen LogP contribution in [0.2, 0.25) is 5.02 Å². The van der Waals surface area contributed by atoms with Crippen LogP contribution in [-0.4, -0.2) is 42.1 Å². The number of likely N-dealkylation sites (N-methyl/N-ethyl adjacent to an activating group) is 1. The van der Waals surface area contributed by atoms with Crippen LogP contribution in [0.5, 0.6) is 0 Å². The van der Waals surface area contributed by atoms with Gasteiger partial charge in [0.2, 0.25) is 0 Å². The molecule has 0 bridgehead atoms. The average Bonchev–Trinajstić information content (AvgIpc) is 2.43. The molecule has 0 spiro atoms. The quantitative estimate of drug-likeness (QED) is 0.451. The number of nitrogens with two attached hydrogens (primary N) is 1. The topological polar surface area (TPSA) is 80.5 Å². The number of amides is 1. The average molecular weight is 287 g/mol. The second-order valence-electron chi connectivity index (χ2n) is 3.78. The molecule has 1 aromatic heterocycles. The zero-order valence-electron chi connectivity index (χ0n) is 11.1. The predicted octanol–water partition coefficient (Wildman–Crippen LogP) is 1.52. The molecular formula is C12H19ClN4O2. The van der Waals surface area contributed by atoms with Crippen molar-refractivity contribution in [3.05, 3.63) is 22.8 Å². The van der Waals surface area contributed by atoms with E-state index in [1.165, 1.54) is 6.20 Å². The largest absolute Gasteiger partial charge is 0.380 e. The van der Waals surface area contributed by atoms with Gasteiger partial charge in [-0.15, -0.1) is 0 Å². The predicted molar refractivity (Wildman–Crippen MR) is 75.1 cm³/mol. The number of hydrogen-bond acceptors (Lipinski definition) is 5. The monoisotopic (exact) mass is 286 g/mol. The third-order valence-electron chi connectivity index (χ3n) is 2.60. The molecule has 0 aliphatic carbocycles. The number of carbonyl (C=O) groups excluding carboxylic acids is 1. The molecule has 1 amide bonds. The summed E-state index contributed by atoms with van der Waals surface area (Å²) in [7, 11) is 0. The Balaban J connectivity index is 2.76. The van der Waals surface area contributed by atoms with Gasteiger partial charge in [0.05, 0.1) is 17.2 Å². The van der Waals surface area contributed by atoms with Crippen molar-refractivity contribution in [1.29, 1.82) is 0 Å². The number of hydrogen-bond donors (Lipinski definition) is 2. The van der Waals surface area contributed by atoms with Crippen molar-refractivity contribution in [2.24, 2.45) is 5.84 Å². The zero-order chi connectivity index (χ0) is 14.3. The first-order valence-corrected chi connectivity index (χ1v) is 6.51. The van der Waals surface area contributed by atoms with E-state index in [0.29, 0.717) is 42.7 Å². The fraction of sp³-hybridized carbons (Fsp3) is 0.500. The highest BCUT2D eigenvalue weighted by atomic mass is 35.5. The number of nitrogens with one attached hydrogen (secondary N) is 1. The molecule has 0 radical (unpaired) electrons. The Labute approximate surface area is 117 Å². The second-order valence-corrected chi connectivity index (χ2v) is 4.19. The lowest BCUT2D eigenvalue weighted by Crippen LogP contribution is -2.34. The Hall–Kier alpha value is -1.37. The van der Waals surface area contributed by atoms with Crippen LogP contribution < -0.4 is 11.3 Å². The van der Waals surface area contributed by atoms with Gasteiger partial charge in [0.15, 0.2) is 5.82 Å². The lowest BCUT2D eigenvalue weighted by molar-refractivity contribution is 0.0669. The van der Waals surface area contributed by atoms with Gasteiger partial charge >= 0.3 is 0 Å². The van der Waals surface area contributed by atoms with Crippen LogP contribution in [-0.2, 0) is 4.74 Å². The number of pyridine rings is 1. The molecule has 106 valence electrons. The zero-order valence-corrected chi connectivity index (χ0v) is 11.9. The standard InChI is InChI=1S/C12H19ClN4O2/c1-3-17(5-6-19-4-2)12(18)9-7-10(13)11(16-14)15-8-9/h7-8H,3-6,14H2,1-2H3,(H,15,16). The highest BCUT2D eigenvalue weighted by molar-refractivity contribution is 6.33. The molecule has 1 aromatic rings. The van der Waals surface area contributed by atoms with Crippen molar-refractivity contribution >= 4 is 23.3 Å². The maximum atomic E-state index is 12.2. The van der Waals surface area contributed by atoms with Crippen molar-refractivity contribution in [1.82, 2.24) is 9.88 Å². The van der Waals surface area contributed by atoms with Gasteiger partial charge in [0.1, 0.15) is 0 Å². The van der Waals surface area contributed by atoms with Gasteiger partial charge in [-0.3, -0.25) is 4.79 Å². The first-order valence-electron chi connectivity index (χ1n) is 6.13. The summed E-state index contributed by atoms with van der Waals surface area (Å²) < 4.78 is 5.25. The van der Waals surface area contributed by atoms with Crippen molar-refractivity contribution in [3.8, 4) is 0 Å². The number of rotatable bonds is 7. The number of halogens is 1. The summed E-state index contributed by atoms with van der Waals surface area (Å²) in [5.41, 5.74) is 2.79. The second kappa shape index (κ2) is 7.93. The molecule has 1 heterocycles. The molecule has 0 saturated heterocycles. The fourth-order valence-electron chi connectivity index (χ4n) is 1.57. The first kappa shape index (κ1) is 15.7. The van der Waals surface area contributed by atoms with Gasteiger partial charge in [-0.2, -0.15) is 0 Å². The molecule has 0 saturated carbocycles. The van der Waals surface area contributed by atoms with E-state index in [2.05, 4.69) is 10.4 Å². The first-order chi connectivity index (χ1) is 9.13. The van der Waals surface area contributed by atoms with Gasteiger partial charge in [-0.05, 0) is 19.9 Å². The molecule has 0 atom stereocenters. The number of nitrogens with zero attached hydrogens (tertiary/aromatic N) is 2. The number of hydrazine groups is 1. The summed E-state index contributed by atoms with van der Waals surface area (Å²) >= 11 is 5.95. The highest BCUT2D eigenvalue weighted by Crippen LogP contribution is 2.19. The molecule has 0 fully saturated rings. The van der Waals surface area contributed by atoms with Crippen molar-refractivity contribution < 1.29 is 9.53 Å². The number of anilines is 1. The van der Waals surface area contributed by atoms with Gasteiger partial charge < -0.3 is 15.1 Å². The minimum atomic E-state index is -0.125. The molecule has 7 heteroatoms. The number of nitrogen functional groups attached to an aromatic ring is 1. The van der Waals surface area contributed by atoms with Crippen molar-refractivity contribution in [2.75, 3.05) is 31.7 Å². The van der Waals surface area contributed by atoms with E-state index in [1.807, 2.05) is 13.8 Å². The van der Waals surface area contributed by atoms with Crippen LogP contribution in [0.4, 0.5) is 5.82 Å². The molecule has 0 aliphatic heterocycles.